The third-order valence-electron chi connectivity index (χ3n) is 1.50. The molecule has 70 valence electrons. The minimum atomic E-state index is -0.201. The Hall–Kier alpha value is -1.65. The van der Waals surface area contributed by atoms with Crippen LogP contribution >= 0.6 is 0 Å². The van der Waals surface area contributed by atoms with E-state index in [0.717, 1.165) is 0 Å². The molecule has 1 heterocycles. The summed E-state index contributed by atoms with van der Waals surface area (Å²) < 4.78 is 1.58. The van der Waals surface area contributed by atoms with Crippen LogP contribution in [0.5, 0.6) is 0 Å². The minimum absolute atomic E-state index is 0.126. The molecule has 0 saturated heterocycles. The molecule has 1 N–H and O–H groups in total. The number of imidazole rings is 1. The third kappa shape index (κ3) is 2.14. The standard InChI is InChI=1S/C8H11N3O2/c1-5(12)8-10-7(4-11(8)3)9-6(2)13/h4H,1-3H3,(H,9,13). The van der Waals surface area contributed by atoms with E-state index in [2.05, 4.69) is 10.3 Å². The number of aryl methyl sites for hydroxylation is 1. The number of aromatic nitrogens is 2. The van der Waals surface area contributed by atoms with Crippen LogP contribution in [0.1, 0.15) is 24.5 Å². The lowest BCUT2D eigenvalue weighted by Gasteiger charge is -1.92. The molecule has 5 heteroatoms. The molecule has 1 aromatic heterocycles. The first-order valence-corrected chi connectivity index (χ1v) is 3.82. The van der Waals surface area contributed by atoms with Crippen LogP contribution in [0.3, 0.4) is 0 Å². The predicted molar refractivity (Wildman–Crippen MR) is 47.5 cm³/mol. The van der Waals surface area contributed by atoms with Gasteiger partial charge in [-0.15, -0.1) is 0 Å². The lowest BCUT2D eigenvalue weighted by Crippen LogP contribution is -2.06. The topological polar surface area (TPSA) is 64.0 Å². The van der Waals surface area contributed by atoms with E-state index >= 15 is 0 Å². The molecule has 0 aliphatic rings. The van der Waals surface area contributed by atoms with Crippen molar-refractivity contribution in [1.82, 2.24) is 9.55 Å². The first-order chi connectivity index (χ1) is 6.00. The molecule has 1 aromatic rings. The number of carbonyl (C=O) groups is 2. The molecule has 0 fully saturated rings. The fourth-order valence-corrected chi connectivity index (χ4v) is 1.03. The van der Waals surface area contributed by atoms with Crippen molar-refractivity contribution >= 4 is 17.5 Å². The van der Waals surface area contributed by atoms with E-state index in [0.29, 0.717) is 11.6 Å². The van der Waals surface area contributed by atoms with E-state index in [-0.39, 0.29) is 11.7 Å². The van der Waals surface area contributed by atoms with Crippen LogP contribution in [0.4, 0.5) is 5.82 Å². The smallest absolute Gasteiger partial charge is 0.222 e. The number of anilines is 1. The van der Waals surface area contributed by atoms with Crippen LogP contribution in [0.25, 0.3) is 0 Å². The summed E-state index contributed by atoms with van der Waals surface area (Å²) in [6.07, 6.45) is 1.60. The van der Waals surface area contributed by atoms with Crippen LogP contribution in [-0.4, -0.2) is 21.2 Å². The summed E-state index contributed by atoms with van der Waals surface area (Å²) in [5.41, 5.74) is 0. The van der Waals surface area contributed by atoms with Crippen molar-refractivity contribution < 1.29 is 9.59 Å². The second kappa shape index (κ2) is 3.38. The highest BCUT2D eigenvalue weighted by Gasteiger charge is 2.09. The largest absolute Gasteiger partial charge is 0.329 e. The average molecular weight is 181 g/mol. The Morgan fingerprint density at radius 3 is 2.46 bits per heavy atom. The van der Waals surface area contributed by atoms with Crippen molar-refractivity contribution in [2.24, 2.45) is 7.05 Å². The molecule has 0 saturated carbocycles. The number of amides is 1. The third-order valence-corrected chi connectivity index (χ3v) is 1.50. The van der Waals surface area contributed by atoms with E-state index in [1.807, 2.05) is 0 Å². The van der Waals surface area contributed by atoms with Gasteiger partial charge in [-0.3, -0.25) is 9.59 Å². The molecule has 13 heavy (non-hydrogen) atoms. The Morgan fingerprint density at radius 1 is 1.46 bits per heavy atom. The summed E-state index contributed by atoms with van der Waals surface area (Å²) in [5.74, 6) is 0.413. The van der Waals surface area contributed by atoms with Crippen LogP contribution in [0.2, 0.25) is 0 Å². The lowest BCUT2D eigenvalue weighted by atomic mass is 10.4. The second-order valence-corrected chi connectivity index (χ2v) is 2.80. The lowest BCUT2D eigenvalue weighted by molar-refractivity contribution is -0.114. The highest BCUT2D eigenvalue weighted by Crippen LogP contribution is 2.06. The van der Waals surface area contributed by atoms with Gasteiger partial charge in [-0.05, 0) is 0 Å². The van der Waals surface area contributed by atoms with Gasteiger partial charge in [0, 0.05) is 27.1 Å². The number of ketones is 1. The first kappa shape index (κ1) is 9.44. The zero-order valence-corrected chi connectivity index (χ0v) is 7.79. The van der Waals surface area contributed by atoms with E-state index in [9.17, 15) is 9.59 Å². The van der Waals surface area contributed by atoms with Gasteiger partial charge in [0.15, 0.2) is 17.4 Å². The number of hydrogen-bond acceptors (Lipinski definition) is 3. The summed E-state index contributed by atoms with van der Waals surface area (Å²) in [4.78, 5) is 25.6. The van der Waals surface area contributed by atoms with Gasteiger partial charge < -0.3 is 9.88 Å². The maximum absolute atomic E-state index is 11.0. The van der Waals surface area contributed by atoms with Gasteiger partial charge in [0.2, 0.25) is 5.91 Å². The zero-order valence-electron chi connectivity index (χ0n) is 7.79. The number of nitrogens with one attached hydrogen (secondary N) is 1. The molecule has 0 atom stereocenters. The van der Waals surface area contributed by atoms with E-state index < -0.39 is 0 Å². The fourth-order valence-electron chi connectivity index (χ4n) is 1.03. The SMILES string of the molecule is CC(=O)Nc1cn(C)c(C(C)=O)n1. The molecular weight excluding hydrogens is 170 g/mol. The molecule has 0 aliphatic carbocycles. The van der Waals surface area contributed by atoms with Crippen molar-refractivity contribution in [1.29, 1.82) is 0 Å². The highest BCUT2D eigenvalue weighted by atomic mass is 16.1. The molecule has 1 amide bonds. The Kier molecular flexibility index (Phi) is 2.46. The average Bonchev–Trinajstić information content (AvgIpc) is 2.29. The number of Topliss-reactive ketones (excluding diaryl/α,β-unsaturated/α-hetero) is 1. The molecule has 0 radical (unpaired) electrons. The van der Waals surface area contributed by atoms with Gasteiger partial charge in [0.25, 0.3) is 0 Å². The van der Waals surface area contributed by atoms with Gasteiger partial charge in [0.1, 0.15) is 0 Å². The van der Waals surface area contributed by atoms with Gasteiger partial charge in [0.05, 0.1) is 0 Å². The molecule has 0 unspecified atom stereocenters. The van der Waals surface area contributed by atoms with Gasteiger partial charge in [-0.1, -0.05) is 0 Å². The van der Waals surface area contributed by atoms with Crippen LogP contribution in [-0.2, 0) is 11.8 Å². The Morgan fingerprint density at radius 2 is 2.08 bits per heavy atom. The number of carbonyl (C=O) groups excluding carboxylic acids is 2. The zero-order chi connectivity index (χ0) is 10.0. The second-order valence-electron chi connectivity index (χ2n) is 2.80. The maximum atomic E-state index is 11.0. The van der Waals surface area contributed by atoms with E-state index in [4.69, 9.17) is 0 Å². The summed E-state index contributed by atoms with van der Waals surface area (Å²) in [6, 6.07) is 0. The minimum Gasteiger partial charge on any atom is -0.329 e. The molecule has 0 aliphatic heterocycles. The highest BCUT2D eigenvalue weighted by molar-refractivity contribution is 5.92. The van der Waals surface area contributed by atoms with Crippen molar-refractivity contribution in [2.45, 2.75) is 13.8 Å². The molecule has 1 rings (SSSR count). The van der Waals surface area contributed by atoms with E-state index in [1.54, 1.807) is 17.8 Å². The summed E-state index contributed by atoms with van der Waals surface area (Å²) in [6.45, 7) is 2.82. The van der Waals surface area contributed by atoms with Gasteiger partial charge in [-0.2, -0.15) is 0 Å². The Balaban J connectivity index is 2.95. The van der Waals surface area contributed by atoms with Crippen LogP contribution < -0.4 is 5.32 Å². The Bertz CT molecular complexity index is 354. The summed E-state index contributed by atoms with van der Waals surface area (Å²) in [7, 11) is 1.70. The Labute approximate surface area is 75.8 Å². The van der Waals surface area contributed by atoms with Gasteiger partial charge in [-0.25, -0.2) is 4.98 Å². The number of rotatable bonds is 2. The fraction of sp³-hybridized carbons (Fsp3) is 0.375. The predicted octanol–water partition coefficient (Wildman–Crippen LogP) is 0.581. The maximum Gasteiger partial charge on any atom is 0.222 e. The van der Waals surface area contributed by atoms with Crippen molar-refractivity contribution in [2.75, 3.05) is 5.32 Å². The van der Waals surface area contributed by atoms with Gasteiger partial charge >= 0.3 is 0 Å². The van der Waals surface area contributed by atoms with Crippen molar-refractivity contribution in [3.63, 3.8) is 0 Å². The van der Waals surface area contributed by atoms with Crippen LogP contribution in [0, 0.1) is 0 Å². The van der Waals surface area contributed by atoms with E-state index in [1.165, 1.54) is 13.8 Å². The van der Waals surface area contributed by atoms with Crippen molar-refractivity contribution in [3.8, 4) is 0 Å². The molecule has 0 aromatic carbocycles. The molecule has 0 bridgehead atoms. The molecule has 0 spiro atoms. The quantitative estimate of drug-likeness (QED) is 0.679. The molecular formula is C8H11N3O2. The number of nitrogens with zero attached hydrogens (tertiary/aromatic N) is 2. The monoisotopic (exact) mass is 181 g/mol. The summed E-state index contributed by atoms with van der Waals surface area (Å²) in [5, 5.41) is 2.50. The normalized spacial score (nSPS) is 9.77. The van der Waals surface area contributed by atoms with Crippen LogP contribution in [0.15, 0.2) is 6.20 Å². The summed E-state index contributed by atoms with van der Waals surface area (Å²) >= 11 is 0. The number of hydrogen-bond donors (Lipinski definition) is 1. The molecule has 5 nitrogen and oxygen atoms in total. The first-order valence-electron chi connectivity index (χ1n) is 3.82. The van der Waals surface area contributed by atoms with Crippen molar-refractivity contribution in [3.05, 3.63) is 12.0 Å².